The summed E-state index contributed by atoms with van der Waals surface area (Å²) in [6.45, 7) is 1.84. The van der Waals surface area contributed by atoms with Crippen molar-refractivity contribution in [2.45, 2.75) is 44.7 Å². The Kier molecular flexibility index (Phi) is 4.59. The van der Waals surface area contributed by atoms with E-state index in [-0.39, 0.29) is 23.6 Å². The van der Waals surface area contributed by atoms with E-state index in [4.69, 9.17) is 5.10 Å². The van der Waals surface area contributed by atoms with Crippen LogP contribution in [0.4, 0.5) is 13.2 Å². The second-order valence-electron chi connectivity index (χ2n) is 9.08. The lowest BCUT2D eigenvalue weighted by Gasteiger charge is -2.45. The molecule has 3 aromatic heterocycles. The maximum absolute atomic E-state index is 14.0. The van der Waals surface area contributed by atoms with Gasteiger partial charge in [0.15, 0.2) is 17.5 Å². The third-order valence-electron chi connectivity index (χ3n) is 7.07. The van der Waals surface area contributed by atoms with Crippen LogP contribution in [-0.2, 0) is 13.5 Å². The van der Waals surface area contributed by atoms with Crippen LogP contribution in [0.15, 0.2) is 36.5 Å². The molecule has 174 valence electrons. The molecule has 34 heavy (non-hydrogen) atoms. The lowest BCUT2D eigenvalue weighted by molar-refractivity contribution is 0.0384. The molecule has 2 aliphatic rings. The van der Waals surface area contributed by atoms with Crippen LogP contribution in [0.2, 0.25) is 0 Å². The number of benzene rings is 1. The summed E-state index contributed by atoms with van der Waals surface area (Å²) in [6, 6.07) is 7.30. The van der Waals surface area contributed by atoms with Crippen LogP contribution in [0.5, 0.6) is 0 Å². The van der Waals surface area contributed by atoms with E-state index in [0.717, 1.165) is 42.7 Å². The van der Waals surface area contributed by atoms with Gasteiger partial charge in [-0.25, -0.2) is 18.2 Å². The summed E-state index contributed by atoms with van der Waals surface area (Å²) in [5.74, 6) is -4.05. The van der Waals surface area contributed by atoms with Crippen LogP contribution in [-0.4, -0.2) is 36.0 Å². The number of hydrogen-bond acceptors (Lipinski definition) is 3. The second kappa shape index (κ2) is 7.44. The van der Waals surface area contributed by atoms with Gasteiger partial charge >= 0.3 is 0 Å². The standard InChI is InChI=1S/C25H22F3N5O/c1-13-23(32-9-4-3-8-20(32)29-13)25(34)33-15-6-5-7-19(33)22-16(12-15)24(31(2)30-22)14-10-17(26)21(28)18(27)11-14/h3-4,8-11,15,19H,5-7,12H2,1-2H3/t15-,19+/m1/s1. The van der Waals surface area contributed by atoms with E-state index in [9.17, 15) is 18.0 Å². The first-order valence-corrected chi connectivity index (χ1v) is 11.3. The zero-order valence-electron chi connectivity index (χ0n) is 18.7. The van der Waals surface area contributed by atoms with E-state index < -0.39 is 17.5 Å². The molecule has 6 nitrogen and oxygen atoms in total. The number of piperidine rings is 1. The molecule has 4 aromatic rings. The molecule has 0 radical (unpaired) electrons. The van der Waals surface area contributed by atoms with Gasteiger partial charge in [-0.2, -0.15) is 5.10 Å². The fourth-order valence-electron chi connectivity index (χ4n) is 5.70. The van der Waals surface area contributed by atoms with Crippen LogP contribution in [0.3, 0.4) is 0 Å². The Bertz CT molecular complexity index is 1450. The second-order valence-corrected chi connectivity index (χ2v) is 9.08. The molecular formula is C25H22F3N5O. The van der Waals surface area contributed by atoms with Gasteiger partial charge in [0, 0.05) is 30.4 Å². The van der Waals surface area contributed by atoms with Crippen molar-refractivity contribution in [2.24, 2.45) is 7.05 Å². The fraction of sp³-hybridized carbons (Fsp3) is 0.320. The Morgan fingerprint density at radius 2 is 1.88 bits per heavy atom. The Labute approximate surface area is 193 Å². The van der Waals surface area contributed by atoms with E-state index in [1.165, 1.54) is 0 Å². The number of fused-ring (bicyclic) bond motifs is 5. The van der Waals surface area contributed by atoms with Crippen molar-refractivity contribution < 1.29 is 18.0 Å². The van der Waals surface area contributed by atoms with Gasteiger partial charge in [-0.1, -0.05) is 6.07 Å². The number of aromatic nitrogens is 4. The number of hydrogen-bond donors (Lipinski definition) is 0. The summed E-state index contributed by atoms with van der Waals surface area (Å²) in [5, 5.41) is 4.69. The number of aryl methyl sites for hydroxylation is 2. The van der Waals surface area contributed by atoms with E-state index in [1.807, 2.05) is 40.6 Å². The van der Waals surface area contributed by atoms with E-state index in [2.05, 4.69) is 4.98 Å². The van der Waals surface area contributed by atoms with Crippen LogP contribution in [0.25, 0.3) is 16.9 Å². The Hall–Kier alpha value is -3.62. The predicted molar refractivity (Wildman–Crippen MR) is 119 cm³/mol. The van der Waals surface area contributed by atoms with E-state index in [1.54, 1.807) is 11.7 Å². The van der Waals surface area contributed by atoms with Crippen molar-refractivity contribution in [1.29, 1.82) is 0 Å². The summed E-state index contributed by atoms with van der Waals surface area (Å²) in [4.78, 5) is 20.4. The number of rotatable bonds is 2. The van der Waals surface area contributed by atoms with Crippen LogP contribution < -0.4 is 0 Å². The fourth-order valence-corrected chi connectivity index (χ4v) is 5.70. The molecule has 0 N–H and O–H groups in total. The van der Waals surface area contributed by atoms with Crippen molar-refractivity contribution in [2.75, 3.05) is 0 Å². The highest BCUT2D eigenvalue weighted by molar-refractivity contribution is 5.95. The molecule has 2 atom stereocenters. The van der Waals surface area contributed by atoms with Crippen molar-refractivity contribution in [3.8, 4) is 11.3 Å². The summed E-state index contributed by atoms with van der Waals surface area (Å²) in [6.07, 6.45) is 4.86. The lowest BCUT2D eigenvalue weighted by Crippen LogP contribution is -2.50. The number of imidazole rings is 1. The van der Waals surface area contributed by atoms with Crippen molar-refractivity contribution in [1.82, 2.24) is 24.1 Å². The number of pyridine rings is 1. The Balaban J connectivity index is 1.46. The maximum Gasteiger partial charge on any atom is 0.273 e. The molecule has 0 saturated carbocycles. The molecule has 1 fully saturated rings. The van der Waals surface area contributed by atoms with Crippen LogP contribution in [0.1, 0.15) is 52.7 Å². The molecule has 2 aliphatic heterocycles. The monoisotopic (exact) mass is 465 g/mol. The molecule has 0 spiro atoms. The SMILES string of the molecule is Cc1nc2ccccn2c1C(=O)N1[C@@H]2CCC[C@H]1c1nn(C)c(-c3cc(F)c(F)c(F)c3)c1C2. The average molecular weight is 465 g/mol. The molecule has 6 rings (SSSR count). The van der Waals surface area contributed by atoms with Gasteiger partial charge in [0.2, 0.25) is 0 Å². The van der Waals surface area contributed by atoms with Gasteiger partial charge in [-0.3, -0.25) is 13.9 Å². The summed E-state index contributed by atoms with van der Waals surface area (Å²) >= 11 is 0. The zero-order valence-corrected chi connectivity index (χ0v) is 18.7. The minimum Gasteiger partial charge on any atom is -0.325 e. The lowest BCUT2D eigenvalue weighted by atomic mass is 9.81. The van der Waals surface area contributed by atoms with E-state index >= 15 is 0 Å². The smallest absolute Gasteiger partial charge is 0.273 e. The summed E-state index contributed by atoms with van der Waals surface area (Å²) in [7, 11) is 1.71. The Morgan fingerprint density at radius 3 is 2.65 bits per heavy atom. The average Bonchev–Trinajstić information content (AvgIpc) is 3.31. The molecule has 0 aliphatic carbocycles. The largest absolute Gasteiger partial charge is 0.325 e. The first-order chi connectivity index (χ1) is 16.3. The zero-order chi connectivity index (χ0) is 23.7. The molecule has 1 aromatic carbocycles. The van der Waals surface area contributed by atoms with Gasteiger partial charge in [0.05, 0.1) is 23.1 Å². The number of nitrogens with zero attached hydrogens (tertiary/aromatic N) is 5. The maximum atomic E-state index is 14.0. The third-order valence-corrected chi connectivity index (χ3v) is 7.07. The topological polar surface area (TPSA) is 55.4 Å². The minimum atomic E-state index is -1.49. The Morgan fingerprint density at radius 1 is 1.12 bits per heavy atom. The van der Waals surface area contributed by atoms with Crippen LogP contribution >= 0.6 is 0 Å². The van der Waals surface area contributed by atoms with Gasteiger partial charge in [-0.05, 0) is 56.9 Å². The first-order valence-electron chi connectivity index (χ1n) is 11.3. The number of halogens is 3. The summed E-state index contributed by atoms with van der Waals surface area (Å²) < 4.78 is 45.0. The van der Waals surface area contributed by atoms with Gasteiger partial charge in [0.1, 0.15) is 11.3 Å². The number of carbonyl (C=O) groups is 1. The highest BCUT2D eigenvalue weighted by Crippen LogP contribution is 2.45. The summed E-state index contributed by atoms with van der Waals surface area (Å²) in [5.41, 5.74) is 4.31. The molecular weight excluding hydrogens is 443 g/mol. The van der Waals surface area contributed by atoms with Gasteiger partial charge in [-0.15, -0.1) is 0 Å². The van der Waals surface area contributed by atoms with E-state index in [0.29, 0.717) is 29.1 Å². The quantitative estimate of drug-likeness (QED) is 0.402. The molecule has 5 heterocycles. The first kappa shape index (κ1) is 20.9. The van der Waals surface area contributed by atoms with Crippen molar-refractivity contribution >= 4 is 11.6 Å². The van der Waals surface area contributed by atoms with Gasteiger partial charge < -0.3 is 4.90 Å². The van der Waals surface area contributed by atoms with Crippen molar-refractivity contribution in [3.63, 3.8) is 0 Å². The minimum absolute atomic E-state index is 0.0782. The van der Waals surface area contributed by atoms with Crippen LogP contribution in [0, 0.1) is 24.4 Å². The number of amides is 1. The normalized spacial score (nSPS) is 19.5. The number of carbonyl (C=O) groups excluding carboxylic acids is 1. The van der Waals surface area contributed by atoms with Crippen molar-refractivity contribution in [3.05, 3.63) is 76.6 Å². The molecule has 1 saturated heterocycles. The highest BCUT2D eigenvalue weighted by Gasteiger charge is 2.44. The molecule has 1 amide bonds. The van der Waals surface area contributed by atoms with Gasteiger partial charge in [0.25, 0.3) is 5.91 Å². The molecule has 0 unspecified atom stereocenters. The predicted octanol–water partition coefficient (Wildman–Crippen LogP) is 4.75. The molecule has 2 bridgehead atoms. The highest BCUT2D eigenvalue weighted by atomic mass is 19.2. The molecule has 9 heteroatoms. The third kappa shape index (κ3) is 2.92.